The van der Waals surface area contributed by atoms with Gasteiger partial charge in [-0.3, -0.25) is 9.69 Å². The molecule has 1 saturated heterocycles. The van der Waals surface area contributed by atoms with E-state index in [1.54, 1.807) is 17.0 Å². The number of fused-ring (bicyclic) bond motifs is 2. The average Bonchev–Trinajstić information content (AvgIpc) is 3.50. The SMILES string of the molecule is CC1CN(S(=O)(=O)c2ccc(C(=O)N(CCCN(C)C)c3nc4cc5c(cc4s3)OCO5)cc2)CC(C)O1.Cl. The molecule has 5 rings (SSSR count). The first-order chi connectivity index (χ1) is 18.1. The summed E-state index contributed by atoms with van der Waals surface area (Å²) in [6, 6.07) is 9.86. The van der Waals surface area contributed by atoms with Crippen LogP contribution in [0.2, 0.25) is 0 Å². The summed E-state index contributed by atoms with van der Waals surface area (Å²) in [4.78, 5) is 22.3. The molecule has 2 atom stereocenters. The van der Waals surface area contributed by atoms with E-state index in [9.17, 15) is 13.2 Å². The number of aromatic nitrogens is 1. The lowest BCUT2D eigenvalue weighted by Gasteiger charge is -2.34. The highest BCUT2D eigenvalue weighted by molar-refractivity contribution is 7.89. The summed E-state index contributed by atoms with van der Waals surface area (Å²) >= 11 is 1.41. The van der Waals surface area contributed by atoms with Crippen molar-refractivity contribution in [1.29, 1.82) is 0 Å². The van der Waals surface area contributed by atoms with Gasteiger partial charge in [-0.05, 0) is 65.2 Å². The number of amides is 1. The van der Waals surface area contributed by atoms with Gasteiger partial charge in [-0.25, -0.2) is 13.4 Å². The van der Waals surface area contributed by atoms with Crippen molar-refractivity contribution in [2.24, 2.45) is 0 Å². The number of ether oxygens (including phenoxy) is 3. The molecular formula is C26H33ClN4O6S2. The summed E-state index contributed by atoms with van der Waals surface area (Å²) in [5.74, 6) is 1.07. The van der Waals surface area contributed by atoms with Crippen LogP contribution in [0.1, 0.15) is 30.6 Å². The van der Waals surface area contributed by atoms with Gasteiger partial charge < -0.3 is 19.1 Å². The number of rotatable bonds is 8. The molecule has 212 valence electrons. The van der Waals surface area contributed by atoms with E-state index in [-0.39, 0.29) is 42.2 Å². The van der Waals surface area contributed by atoms with Gasteiger partial charge in [0.1, 0.15) is 0 Å². The lowest BCUT2D eigenvalue weighted by molar-refractivity contribution is -0.0440. The van der Waals surface area contributed by atoms with E-state index in [1.807, 2.05) is 40.1 Å². The lowest BCUT2D eigenvalue weighted by Crippen LogP contribution is -2.48. The number of halogens is 1. The normalized spacial score (nSPS) is 19.3. The smallest absolute Gasteiger partial charge is 0.260 e. The Morgan fingerprint density at radius 3 is 2.33 bits per heavy atom. The van der Waals surface area contributed by atoms with E-state index < -0.39 is 10.0 Å². The van der Waals surface area contributed by atoms with Crippen molar-refractivity contribution >= 4 is 55.0 Å². The Labute approximate surface area is 238 Å². The van der Waals surface area contributed by atoms with Crippen LogP contribution in [0.15, 0.2) is 41.3 Å². The fourth-order valence-corrected chi connectivity index (χ4v) is 7.24. The molecule has 2 aliphatic rings. The molecule has 2 unspecified atom stereocenters. The molecule has 10 nitrogen and oxygen atoms in total. The van der Waals surface area contributed by atoms with E-state index in [1.165, 1.54) is 27.8 Å². The maximum atomic E-state index is 13.7. The van der Waals surface area contributed by atoms with Crippen LogP contribution in [0.3, 0.4) is 0 Å². The van der Waals surface area contributed by atoms with Crippen molar-refractivity contribution in [1.82, 2.24) is 14.2 Å². The summed E-state index contributed by atoms with van der Waals surface area (Å²) in [6.45, 7) is 5.77. The number of benzene rings is 2. The van der Waals surface area contributed by atoms with E-state index in [0.29, 0.717) is 41.8 Å². The van der Waals surface area contributed by atoms with Crippen LogP contribution in [0.4, 0.5) is 5.13 Å². The van der Waals surface area contributed by atoms with Gasteiger partial charge in [-0.15, -0.1) is 12.4 Å². The zero-order valence-electron chi connectivity index (χ0n) is 22.3. The standard InChI is InChI=1S/C26H32N4O6S2.ClH/c1-17-14-29(15-18(2)36-17)38(32,33)20-8-6-19(7-9-20)25(31)30(11-5-10-28(3)4)26-27-21-12-22-23(35-16-34-22)13-24(21)37-26;/h6-9,12-13,17-18H,5,10-11,14-16H2,1-4H3;1H. The molecule has 1 aromatic heterocycles. The summed E-state index contributed by atoms with van der Waals surface area (Å²) in [6.07, 6.45) is 0.383. The van der Waals surface area contributed by atoms with Gasteiger partial charge in [0, 0.05) is 37.3 Å². The molecule has 2 aliphatic heterocycles. The molecule has 13 heteroatoms. The summed E-state index contributed by atoms with van der Waals surface area (Å²) in [5, 5.41) is 0.570. The number of anilines is 1. The number of carbonyl (C=O) groups excluding carboxylic acids is 1. The molecule has 3 aromatic rings. The minimum absolute atomic E-state index is 0. The third-order valence-corrected chi connectivity index (χ3v) is 9.35. The largest absolute Gasteiger partial charge is 0.454 e. The summed E-state index contributed by atoms with van der Waals surface area (Å²) in [7, 11) is 0.273. The first kappa shape index (κ1) is 29.5. The Kier molecular flexibility index (Phi) is 9.04. The molecule has 0 radical (unpaired) electrons. The molecular weight excluding hydrogens is 564 g/mol. The van der Waals surface area contributed by atoms with Crippen molar-refractivity contribution in [2.75, 3.05) is 52.0 Å². The van der Waals surface area contributed by atoms with E-state index in [0.717, 1.165) is 23.2 Å². The Morgan fingerprint density at radius 2 is 1.69 bits per heavy atom. The lowest BCUT2D eigenvalue weighted by atomic mass is 10.2. The second-order valence-electron chi connectivity index (χ2n) is 9.89. The van der Waals surface area contributed by atoms with Gasteiger partial charge in [0.05, 0.1) is 27.3 Å². The molecule has 39 heavy (non-hydrogen) atoms. The van der Waals surface area contributed by atoms with Crippen LogP contribution in [0, 0.1) is 0 Å². The van der Waals surface area contributed by atoms with Crippen molar-refractivity contribution in [3.05, 3.63) is 42.0 Å². The van der Waals surface area contributed by atoms with Crippen LogP contribution in [0.5, 0.6) is 11.5 Å². The van der Waals surface area contributed by atoms with Gasteiger partial charge in [-0.1, -0.05) is 11.3 Å². The molecule has 3 heterocycles. The quantitative estimate of drug-likeness (QED) is 0.387. The minimum Gasteiger partial charge on any atom is -0.454 e. The maximum absolute atomic E-state index is 13.7. The third kappa shape index (κ3) is 6.31. The van der Waals surface area contributed by atoms with E-state index in [4.69, 9.17) is 19.2 Å². The van der Waals surface area contributed by atoms with Crippen molar-refractivity contribution < 1.29 is 27.4 Å². The number of sulfonamides is 1. The van der Waals surface area contributed by atoms with E-state index in [2.05, 4.69) is 4.90 Å². The number of hydrogen-bond acceptors (Lipinski definition) is 9. The Hall–Kier alpha value is -2.48. The van der Waals surface area contributed by atoms with Gasteiger partial charge in [0.15, 0.2) is 16.6 Å². The van der Waals surface area contributed by atoms with Crippen LogP contribution in [-0.4, -0.2) is 87.8 Å². The molecule has 2 aromatic carbocycles. The fraction of sp³-hybridized carbons (Fsp3) is 0.462. The van der Waals surface area contributed by atoms with Gasteiger partial charge in [0.2, 0.25) is 16.8 Å². The number of nitrogens with zero attached hydrogens (tertiary/aromatic N) is 4. The van der Waals surface area contributed by atoms with Gasteiger partial charge in [0.25, 0.3) is 5.91 Å². The van der Waals surface area contributed by atoms with Crippen LogP contribution in [0.25, 0.3) is 10.2 Å². The van der Waals surface area contributed by atoms with Crippen molar-refractivity contribution in [3.8, 4) is 11.5 Å². The summed E-state index contributed by atoms with van der Waals surface area (Å²) in [5.41, 5.74) is 1.13. The van der Waals surface area contributed by atoms with Gasteiger partial charge in [-0.2, -0.15) is 4.31 Å². The predicted octanol–water partition coefficient (Wildman–Crippen LogP) is 3.84. The monoisotopic (exact) mass is 596 g/mol. The molecule has 0 saturated carbocycles. The second kappa shape index (κ2) is 11.9. The molecule has 0 spiro atoms. The molecule has 0 N–H and O–H groups in total. The number of morpholine rings is 1. The second-order valence-corrected chi connectivity index (χ2v) is 12.8. The fourth-order valence-electron chi connectivity index (χ4n) is 4.65. The zero-order chi connectivity index (χ0) is 27.0. The van der Waals surface area contributed by atoms with E-state index >= 15 is 0 Å². The van der Waals surface area contributed by atoms with Crippen LogP contribution < -0.4 is 14.4 Å². The van der Waals surface area contributed by atoms with Crippen molar-refractivity contribution in [3.63, 3.8) is 0 Å². The highest BCUT2D eigenvalue weighted by atomic mass is 35.5. The first-order valence-corrected chi connectivity index (χ1v) is 14.8. The van der Waals surface area contributed by atoms with Crippen molar-refractivity contribution in [2.45, 2.75) is 37.4 Å². The summed E-state index contributed by atoms with van der Waals surface area (Å²) < 4.78 is 45.5. The van der Waals surface area contributed by atoms with Crippen LogP contribution in [-0.2, 0) is 14.8 Å². The first-order valence-electron chi connectivity index (χ1n) is 12.5. The number of thiazole rings is 1. The zero-order valence-corrected chi connectivity index (χ0v) is 24.8. The third-order valence-electron chi connectivity index (χ3n) is 6.46. The van der Waals surface area contributed by atoms with Gasteiger partial charge >= 0.3 is 0 Å². The highest BCUT2D eigenvalue weighted by Gasteiger charge is 2.32. The predicted molar refractivity (Wildman–Crippen MR) is 153 cm³/mol. The number of carbonyl (C=O) groups is 1. The molecule has 0 aliphatic carbocycles. The highest BCUT2D eigenvalue weighted by Crippen LogP contribution is 2.40. The minimum atomic E-state index is -3.70. The molecule has 0 bridgehead atoms. The average molecular weight is 597 g/mol. The van der Waals surface area contributed by atoms with Crippen LogP contribution >= 0.6 is 23.7 Å². The number of hydrogen-bond donors (Lipinski definition) is 0. The molecule has 1 fully saturated rings. The maximum Gasteiger partial charge on any atom is 0.260 e. The molecule has 1 amide bonds. The Bertz CT molecular complexity index is 1380. The Balaban J connectivity index is 0.00000353. The topological polar surface area (TPSA) is 102 Å². The Morgan fingerprint density at radius 1 is 1.05 bits per heavy atom.